The molecule has 0 fully saturated rings. The Hall–Kier alpha value is -3.45. The number of aromatic nitrogens is 4. The van der Waals surface area contributed by atoms with Crippen molar-refractivity contribution in [2.45, 2.75) is 19.5 Å². The molecule has 29 heavy (non-hydrogen) atoms. The lowest BCUT2D eigenvalue weighted by molar-refractivity contribution is 0.239. The molecule has 3 aromatic heterocycles. The number of hydrogen-bond acceptors (Lipinski definition) is 5. The Morgan fingerprint density at radius 1 is 1.10 bits per heavy atom. The van der Waals surface area contributed by atoms with E-state index in [2.05, 4.69) is 24.8 Å². The quantitative estimate of drug-likeness (QED) is 0.585. The Kier molecular flexibility index (Phi) is 4.37. The van der Waals surface area contributed by atoms with Crippen molar-refractivity contribution in [3.8, 4) is 11.5 Å². The van der Waals surface area contributed by atoms with Crippen molar-refractivity contribution in [2.24, 2.45) is 0 Å². The SMILES string of the molecule is O=c1[nH]c(-c2ccccn2)nc2c1CN(Cc1ccc3cc(F)ccc3n1)CC2. The second-order valence-electron chi connectivity index (χ2n) is 7.16. The predicted molar refractivity (Wildman–Crippen MR) is 108 cm³/mol. The second kappa shape index (κ2) is 7.18. The molecule has 5 rings (SSSR count). The van der Waals surface area contributed by atoms with Crippen LogP contribution in [0.15, 0.2) is 59.5 Å². The number of benzene rings is 1. The van der Waals surface area contributed by atoms with E-state index in [0.29, 0.717) is 36.6 Å². The third kappa shape index (κ3) is 3.52. The summed E-state index contributed by atoms with van der Waals surface area (Å²) in [5.41, 5.74) is 3.71. The fourth-order valence-corrected chi connectivity index (χ4v) is 3.70. The van der Waals surface area contributed by atoms with Crippen LogP contribution in [0.3, 0.4) is 0 Å². The van der Waals surface area contributed by atoms with Gasteiger partial charge < -0.3 is 4.98 Å². The van der Waals surface area contributed by atoms with Crippen LogP contribution < -0.4 is 5.56 Å². The van der Waals surface area contributed by atoms with Crippen LogP contribution in [0.5, 0.6) is 0 Å². The van der Waals surface area contributed by atoms with Gasteiger partial charge in [0.1, 0.15) is 11.5 Å². The van der Waals surface area contributed by atoms with Crippen molar-refractivity contribution in [3.05, 3.63) is 87.9 Å². The molecule has 4 aromatic rings. The zero-order chi connectivity index (χ0) is 19.8. The molecule has 144 valence electrons. The molecule has 0 atom stereocenters. The van der Waals surface area contributed by atoms with E-state index in [9.17, 15) is 9.18 Å². The Labute approximate surface area is 166 Å². The van der Waals surface area contributed by atoms with E-state index in [1.54, 1.807) is 12.3 Å². The van der Waals surface area contributed by atoms with Gasteiger partial charge in [0.15, 0.2) is 5.82 Å². The van der Waals surface area contributed by atoms with Crippen molar-refractivity contribution in [2.75, 3.05) is 6.54 Å². The van der Waals surface area contributed by atoms with E-state index in [0.717, 1.165) is 28.8 Å². The average molecular weight is 387 g/mol. The molecule has 1 aliphatic heterocycles. The lowest BCUT2D eigenvalue weighted by Gasteiger charge is -2.27. The van der Waals surface area contributed by atoms with Crippen molar-refractivity contribution < 1.29 is 4.39 Å². The fourth-order valence-electron chi connectivity index (χ4n) is 3.70. The van der Waals surface area contributed by atoms with Gasteiger partial charge in [-0.15, -0.1) is 0 Å². The average Bonchev–Trinajstić information content (AvgIpc) is 2.75. The van der Waals surface area contributed by atoms with E-state index in [1.807, 2.05) is 30.3 Å². The molecular weight excluding hydrogens is 369 g/mol. The van der Waals surface area contributed by atoms with Gasteiger partial charge in [0.05, 0.1) is 22.5 Å². The third-order valence-electron chi connectivity index (χ3n) is 5.15. The Balaban J connectivity index is 1.38. The van der Waals surface area contributed by atoms with Crippen LogP contribution in [0.1, 0.15) is 17.0 Å². The predicted octanol–water partition coefficient (Wildman–Crippen LogP) is 3.08. The van der Waals surface area contributed by atoms with Crippen molar-refractivity contribution in [1.29, 1.82) is 0 Å². The van der Waals surface area contributed by atoms with Crippen LogP contribution in [0, 0.1) is 5.82 Å². The van der Waals surface area contributed by atoms with Gasteiger partial charge in [-0.2, -0.15) is 0 Å². The Bertz CT molecular complexity index is 1260. The maximum Gasteiger partial charge on any atom is 0.255 e. The number of rotatable bonds is 3. The molecule has 6 nitrogen and oxygen atoms in total. The molecule has 0 spiro atoms. The molecule has 0 bridgehead atoms. The molecule has 0 saturated heterocycles. The van der Waals surface area contributed by atoms with Gasteiger partial charge in [-0.05, 0) is 36.4 Å². The fraction of sp³-hybridized carbons (Fsp3) is 0.182. The summed E-state index contributed by atoms with van der Waals surface area (Å²) in [5.74, 6) is 0.239. The largest absolute Gasteiger partial charge is 0.305 e. The summed E-state index contributed by atoms with van der Waals surface area (Å²) >= 11 is 0. The van der Waals surface area contributed by atoms with Gasteiger partial charge in [0.2, 0.25) is 0 Å². The van der Waals surface area contributed by atoms with E-state index in [1.165, 1.54) is 12.1 Å². The molecule has 0 saturated carbocycles. The Morgan fingerprint density at radius 2 is 2.03 bits per heavy atom. The number of hydrogen-bond donors (Lipinski definition) is 1. The van der Waals surface area contributed by atoms with E-state index < -0.39 is 0 Å². The summed E-state index contributed by atoms with van der Waals surface area (Å²) in [7, 11) is 0. The molecule has 0 aliphatic carbocycles. The summed E-state index contributed by atoms with van der Waals surface area (Å²) in [5, 5.41) is 0.778. The normalized spacial score (nSPS) is 14.1. The Morgan fingerprint density at radius 3 is 2.90 bits per heavy atom. The summed E-state index contributed by atoms with van der Waals surface area (Å²) in [6.45, 7) is 1.92. The molecule has 4 heterocycles. The second-order valence-corrected chi connectivity index (χ2v) is 7.16. The standard InChI is InChI=1S/C22H18FN5O/c23-15-5-7-18-14(11-15)4-6-16(25-18)12-28-10-8-19-17(13-28)22(29)27-21(26-19)20-3-1-2-9-24-20/h1-7,9,11H,8,10,12-13H2,(H,26,27,29). The summed E-state index contributed by atoms with van der Waals surface area (Å²) in [6, 6.07) is 13.9. The van der Waals surface area contributed by atoms with Crippen LogP contribution in [0.2, 0.25) is 0 Å². The van der Waals surface area contributed by atoms with Crippen LogP contribution in [0.4, 0.5) is 4.39 Å². The minimum atomic E-state index is -0.267. The van der Waals surface area contributed by atoms with E-state index in [4.69, 9.17) is 0 Å². The minimum absolute atomic E-state index is 0.123. The van der Waals surface area contributed by atoms with Crippen LogP contribution in [0.25, 0.3) is 22.4 Å². The first-order valence-corrected chi connectivity index (χ1v) is 9.47. The number of nitrogens with one attached hydrogen (secondary N) is 1. The van der Waals surface area contributed by atoms with Crippen molar-refractivity contribution >= 4 is 10.9 Å². The van der Waals surface area contributed by atoms with Gasteiger partial charge in [-0.1, -0.05) is 12.1 Å². The maximum atomic E-state index is 13.3. The molecule has 1 aromatic carbocycles. The number of H-pyrrole nitrogens is 1. The van der Waals surface area contributed by atoms with E-state index in [-0.39, 0.29) is 11.4 Å². The van der Waals surface area contributed by atoms with E-state index >= 15 is 0 Å². The molecule has 0 radical (unpaired) electrons. The maximum absolute atomic E-state index is 13.3. The van der Waals surface area contributed by atoms with Crippen LogP contribution in [-0.2, 0) is 19.5 Å². The summed E-state index contributed by atoms with van der Waals surface area (Å²) in [4.78, 5) is 31.2. The highest BCUT2D eigenvalue weighted by Gasteiger charge is 2.22. The molecule has 1 aliphatic rings. The van der Waals surface area contributed by atoms with Gasteiger partial charge in [-0.25, -0.2) is 9.37 Å². The smallest absolute Gasteiger partial charge is 0.255 e. The first kappa shape index (κ1) is 17.6. The highest BCUT2D eigenvalue weighted by atomic mass is 19.1. The molecule has 0 amide bonds. The number of aromatic amines is 1. The van der Waals surface area contributed by atoms with Crippen LogP contribution in [-0.4, -0.2) is 31.4 Å². The summed E-state index contributed by atoms with van der Waals surface area (Å²) < 4.78 is 13.3. The number of fused-ring (bicyclic) bond motifs is 2. The number of halogens is 1. The van der Waals surface area contributed by atoms with Crippen LogP contribution >= 0.6 is 0 Å². The molecule has 1 N–H and O–H groups in total. The minimum Gasteiger partial charge on any atom is -0.305 e. The van der Waals surface area contributed by atoms with Crippen molar-refractivity contribution in [3.63, 3.8) is 0 Å². The molecule has 0 unspecified atom stereocenters. The molecule has 7 heteroatoms. The van der Waals surface area contributed by atoms with Gasteiger partial charge in [0, 0.05) is 37.6 Å². The number of nitrogens with zero attached hydrogens (tertiary/aromatic N) is 4. The molecular formula is C22H18FN5O. The first-order valence-electron chi connectivity index (χ1n) is 9.47. The highest BCUT2D eigenvalue weighted by molar-refractivity contribution is 5.78. The first-order chi connectivity index (χ1) is 14.2. The number of pyridine rings is 2. The van der Waals surface area contributed by atoms with Gasteiger partial charge >= 0.3 is 0 Å². The topological polar surface area (TPSA) is 74.8 Å². The highest BCUT2D eigenvalue weighted by Crippen LogP contribution is 2.20. The zero-order valence-electron chi connectivity index (χ0n) is 15.6. The van der Waals surface area contributed by atoms with Crippen molar-refractivity contribution in [1.82, 2.24) is 24.8 Å². The van der Waals surface area contributed by atoms with Gasteiger partial charge in [-0.3, -0.25) is 19.7 Å². The summed E-state index contributed by atoms with van der Waals surface area (Å²) in [6.07, 6.45) is 2.37. The third-order valence-corrected chi connectivity index (χ3v) is 5.15. The zero-order valence-corrected chi connectivity index (χ0v) is 15.6. The lowest BCUT2D eigenvalue weighted by Crippen LogP contribution is -2.35. The lowest BCUT2D eigenvalue weighted by atomic mass is 10.1. The van der Waals surface area contributed by atoms with Gasteiger partial charge in [0.25, 0.3) is 5.56 Å². The monoisotopic (exact) mass is 387 g/mol.